The summed E-state index contributed by atoms with van der Waals surface area (Å²) < 4.78 is 4.58. The van der Waals surface area contributed by atoms with E-state index in [0.29, 0.717) is 10.8 Å². The molecule has 2 rings (SSSR count). The lowest BCUT2D eigenvalue weighted by Gasteiger charge is -1.90. The highest BCUT2D eigenvalue weighted by atomic mass is 32.1. The Morgan fingerprint density at radius 1 is 1.75 bits per heavy atom. The van der Waals surface area contributed by atoms with Crippen molar-refractivity contribution in [2.45, 2.75) is 18.8 Å². The van der Waals surface area contributed by atoms with Crippen LogP contribution in [0.3, 0.4) is 0 Å². The Morgan fingerprint density at radius 3 is 3.08 bits per heavy atom. The van der Waals surface area contributed by atoms with Crippen LogP contribution in [0.5, 0.6) is 0 Å². The first kappa shape index (κ1) is 7.73. The molecule has 1 aliphatic rings. The van der Waals surface area contributed by atoms with Crippen molar-refractivity contribution in [3.05, 3.63) is 16.1 Å². The molecule has 1 heterocycles. The van der Waals surface area contributed by atoms with Crippen molar-refractivity contribution in [1.82, 2.24) is 4.98 Å². The third-order valence-electron chi connectivity index (χ3n) is 1.84. The normalized spacial score (nSPS) is 16.1. The number of carbonyl (C=O) groups excluding carboxylic acids is 1. The highest BCUT2D eigenvalue weighted by Gasteiger charge is 2.27. The van der Waals surface area contributed by atoms with Crippen molar-refractivity contribution in [2.24, 2.45) is 0 Å². The van der Waals surface area contributed by atoms with E-state index in [0.717, 1.165) is 5.01 Å². The Morgan fingerprint density at radius 2 is 2.50 bits per heavy atom. The van der Waals surface area contributed by atoms with Gasteiger partial charge in [-0.15, -0.1) is 11.3 Å². The Bertz CT molecular complexity index is 304. The van der Waals surface area contributed by atoms with E-state index < -0.39 is 0 Å². The smallest absolute Gasteiger partial charge is 0.349 e. The average Bonchev–Trinajstić information content (AvgIpc) is 2.83. The number of esters is 1. The van der Waals surface area contributed by atoms with E-state index in [9.17, 15) is 4.79 Å². The number of nitrogens with zero attached hydrogens (tertiary/aromatic N) is 1. The second-order valence-corrected chi connectivity index (χ2v) is 3.89. The molecule has 1 fully saturated rings. The summed E-state index contributed by atoms with van der Waals surface area (Å²) in [5.41, 5.74) is 0. The first-order valence-electron chi connectivity index (χ1n) is 3.85. The summed E-state index contributed by atoms with van der Waals surface area (Å²) in [4.78, 5) is 15.8. The highest BCUT2D eigenvalue weighted by molar-refractivity contribution is 7.13. The molecule has 1 aromatic rings. The first-order chi connectivity index (χ1) is 5.81. The van der Waals surface area contributed by atoms with Gasteiger partial charge in [0.15, 0.2) is 0 Å². The lowest BCUT2D eigenvalue weighted by Crippen LogP contribution is -1.96. The van der Waals surface area contributed by atoms with Crippen LogP contribution in [0, 0.1) is 0 Å². The van der Waals surface area contributed by atoms with E-state index in [2.05, 4.69) is 9.72 Å². The number of thiazole rings is 1. The minimum Gasteiger partial charge on any atom is -0.465 e. The summed E-state index contributed by atoms with van der Waals surface area (Å²) >= 11 is 1.45. The van der Waals surface area contributed by atoms with Gasteiger partial charge in [-0.2, -0.15) is 0 Å². The van der Waals surface area contributed by atoms with Gasteiger partial charge in [0.2, 0.25) is 0 Å². The van der Waals surface area contributed by atoms with Gasteiger partial charge >= 0.3 is 5.97 Å². The second-order valence-electron chi connectivity index (χ2n) is 2.83. The van der Waals surface area contributed by atoms with Crippen LogP contribution in [0.1, 0.15) is 33.4 Å². The van der Waals surface area contributed by atoms with Crippen LogP contribution < -0.4 is 0 Å². The number of aromatic nitrogens is 1. The van der Waals surface area contributed by atoms with Crippen LogP contribution in [0.15, 0.2) is 6.20 Å². The predicted molar refractivity (Wildman–Crippen MR) is 45.4 cm³/mol. The third kappa shape index (κ3) is 1.34. The van der Waals surface area contributed by atoms with E-state index in [1.807, 2.05) is 0 Å². The summed E-state index contributed by atoms with van der Waals surface area (Å²) in [6.07, 6.45) is 4.03. The van der Waals surface area contributed by atoms with Crippen LogP contribution in [-0.4, -0.2) is 18.1 Å². The molecule has 64 valence electrons. The van der Waals surface area contributed by atoms with E-state index in [4.69, 9.17) is 0 Å². The van der Waals surface area contributed by atoms with Gasteiger partial charge < -0.3 is 4.74 Å². The lowest BCUT2D eigenvalue weighted by molar-refractivity contribution is 0.0606. The summed E-state index contributed by atoms with van der Waals surface area (Å²) in [7, 11) is 1.39. The van der Waals surface area contributed by atoms with Crippen molar-refractivity contribution < 1.29 is 9.53 Å². The predicted octanol–water partition coefficient (Wildman–Crippen LogP) is 1.81. The number of rotatable bonds is 2. The van der Waals surface area contributed by atoms with Gasteiger partial charge in [-0.05, 0) is 12.8 Å². The van der Waals surface area contributed by atoms with Crippen molar-refractivity contribution >= 4 is 17.3 Å². The molecule has 0 atom stereocenters. The van der Waals surface area contributed by atoms with E-state index in [1.54, 1.807) is 6.20 Å². The topological polar surface area (TPSA) is 39.2 Å². The fraction of sp³-hybridized carbons (Fsp3) is 0.500. The Labute approximate surface area is 74.4 Å². The Balaban J connectivity index is 2.17. The molecule has 1 aliphatic carbocycles. The first-order valence-corrected chi connectivity index (χ1v) is 4.67. The fourth-order valence-electron chi connectivity index (χ4n) is 1.00. The maximum absolute atomic E-state index is 11.0. The molecule has 0 saturated heterocycles. The number of hydrogen-bond donors (Lipinski definition) is 0. The maximum atomic E-state index is 11.0. The standard InChI is InChI=1S/C8H9NO2S/c1-11-8(10)6-4-9-7(12-6)5-2-3-5/h4-5H,2-3H2,1H3. The van der Waals surface area contributed by atoms with Crippen LogP contribution >= 0.6 is 11.3 Å². The SMILES string of the molecule is COC(=O)c1cnc(C2CC2)s1. The van der Waals surface area contributed by atoms with Crippen molar-refractivity contribution in [2.75, 3.05) is 7.11 Å². The number of methoxy groups -OCH3 is 1. The van der Waals surface area contributed by atoms with Crippen molar-refractivity contribution in [3.8, 4) is 0 Å². The molecule has 3 nitrogen and oxygen atoms in total. The van der Waals surface area contributed by atoms with E-state index in [-0.39, 0.29) is 5.97 Å². The summed E-state index contributed by atoms with van der Waals surface area (Å²) in [5, 5.41) is 1.08. The minimum absolute atomic E-state index is 0.278. The number of carbonyl (C=O) groups is 1. The zero-order chi connectivity index (χ0) is 8.55. The monoisotopic (exact) mass is 183 g/mol. The second kappa shape index (κ2) is 2.86. The molecular weight excluding hydrogens is 174 g/mol. The van der Waals surface area contributed by atoms with Gasteiger partial charge in [-0.25, -0.2) is 9.78 Å². The van der Waals surface area contributed by atoms with Gasteiger partial charge in [0.25, 0.3) is 0 Å². The number of hydrogen-bond acceptors (Lipinski definition) is 4. The highest BCUT2D eigenvalue weighted by Crippen LogP contribution is 2.41. The summed E-state index contributed by atoms with van der Waals surface area (Å²) in [5.74, 6) is 0.341. The van der Waals surface area contributed by atoms with E-state index >= 15 is 0 Å². The summed E-state index contributed by atoms with van der Waals surface area (Å²) in [6, 6.07) is 0. The maximum Gasteiger partial charge on any atom is 0.349 e. The Kier molecular flexibility index (Phi) is 1.84. The molecule has 0 N–H and O–H groups in total. The largest absolute Gasteiger partial charge is 0.465 e. The molecule has 0 spiro atoms. The van der Waals surface area contributed by atoms with Gasteiger partial charge in [0.05, 0.1) is 18.3 Å². The molecule has 1 saturated carbocycles. The Hall–Kier alpha value is -0.900. The summed E-state index contributed by atoms with van der Waals surface area (Å²) in [6.45, 7) is 0. The zero-order valence-electron chi connectivity index (χ0n) is 6.74. The minimum atomic E-state index is -0.278. The fourth-order valence-corrected chi connectivity index (χ4v) is 2.01. The molecule has 1 aromatic heterocycles. The van der Waals surface area contributed by atoms with Gasteiger partial charge in [-0.3, -0.25) is 0 Å². The zero-order valence-corrected chi connectivity index (χ0v) is 7.56. The molecule has 0 aliphatic heterocycles. The third-order valence-corrected chi connectivity index (χ3v) is 2.98. The molecular formula is C8H9NO2S. The quantitative estimate of drug-likeness (QED) is 0.656. The molecule has 4 heteroatoms. The molecule has 0 aromatic carbocycles. The lowest BCUT2D eigenvalue weighted by atomic mass is 10.5. The number of ether oxygens (including phenoxy) is 1. The molecule has 0 bridgehead atoms. The molecule has 0 radical (unpaired) electrons. The molecule has 0 amide bonds. The van der Waals surface area contributed by atoms with Gasteiger partial charge in [0.1, 0.15) is 4.88 Å². The van der Waals surface area contributed by atoms with Crippen LogP contribution in [0.4, 0.5) is 0 Å². The van der Waals surface area contributed by atoms with Gasteiger partial charge in [-0.1, -0.05) is 0 Å². The van der Waals surface area contributed by atoms with Crippen LogP contribution in [0.2, 0.25) is 0 Å². The average molecular weight is 183 g/mol. The molecule has 12 heavy (non-hydrogen) atoms. The van der Waals surface area contributed by atoms with Crippen molar-refractivity contribution in [3.63, 3.8) is 0 Å². The van der Waals surface area contributed by atoms with Crippen molar-refractivity contribution in [1.29, 1.82) is 0 Å². The van der Waals surface area contributed by atoms with Crippen LogP contribution in [-0.2, 0) is 4.74 Å². The molecule has 0 unspecified atom stereocenters. The van der Waals surface area contributed by atoms with Crippen LogP contribution in [0.25, 0.3) is 0 Å². The van der Waals surface area contributed by atoms with Gasteiger partial charge in [0, 0.05) is 5.92 Å². The van der Waals surface area contributed by atoms with E-state index in [1.165, 1.54) is 31.3 Å².